The van der Waals surface area contributed by atoms with E-state index in [1.54, 1.807) is 0 Å². The first-order valence-electron chi connectivity index (χ1n) is 2.73. The number of hydrazine groups is 1. The highest BCUT2D eigenvalue weighted by molar-refractivity contribution is 7.98. The lowest BCUT2D eigenvalue weighted by molar-refractivity contribution is 1.25. The normalized spacial score (nSPS) is 9.18. The van der Waals surface area contributed by atoms with Crippen molar-refractivity contribution in [2.75, 3.05) is 11.7 Å². The van der Waals surface area contributed by atoms with Gasteiger partial charge in [-0.15, -0.1) is 11.8 Å². The monoisotopic (exact) mass is 186 g/mol. The molecule has 0 fully saturated rings. The Hall–Kier alpha value is -0.770. The summed E-state index contributed by atoms with van der Waals surface area (Å²) in [6, 6.07) is 2.03. The van der Waals surface area contributed by atoms with Crippen LogP contribution in [0.4, 0.5) is 5.00 Å². The van der Waals surface area contributed by atoms with Crippen LogP contribution < -0.4 is 11.3 Å². The van der Waals surface area contributed by atoms with Gasteiger partial charge >= 0.3 is 0 Å². The molecule has 0 saturated carbocycles. The largest absolute Gasteiger partial charge is 0.313 e. The van der Waals surface area contributed by atoms with E-state index in [1.807, 2.05) is 12.3 Å². The second-order valence-electron chi connectivity index (χ2n) is 1.65. The Morgan fingerprint density at radius 2 is 2.55 bits per heavy atom. The van der Waals surface area contributed by atoms with Gasteiger partial charge in [-0.05, 0) is 17.8 Å². The quantitative estimate of drug-likeness (QED) is 0.410. The van der Waals surface area contributed by atoms with Crippen molar-refractivity contribution in [1.29, 1.82) is 5.26 Å². The van der Waals surface area contributed by atoms with Crippen molar-refractivity contribution in [1.82, 2.24) is 4.37 Å². The highest BCUT2D eigenvalue weighted by atomic mass is 32.2. The summed E-state index contributed by atoms with van der Waals surface area (Å²) in [6.07, 6.45) is 1.87. The zero-order valence-electron chi connectivity index (χ0n) is 5.79. The number of thioether (sulfide) groups is 1. The maximum absolute atomic E-state index is 8.66. The molecule has 0 aliphatic heterocycles. The third-order valence-corrected chi connectivity index (χ3v) is 2.67. The van der Waals surface area contributed by atoms with E-state index in [0.717, 1.165) is 5.03 Å². The van der Waals surface area contributed by atoms with Crippen LogP contribution in [0.2, 0.25) is 0 Å². The smallest absolute Gasteiger partial charge is 0.142 e. The minimum atomic E-state index is 0.532. The molecule has 0 spiro atoms. The fraction of sp³-hybridized carbons (Fsp3) is 0.200. The number of aromatic nitrogens is 1. The van der Waals surface area contributed by atoms with Crippen molar-refractivity contribution in [2.24, 2.45) is 5.84 Å². The zero-order valence-corrected chi connectivity index (χ0v) is 7.42. The number of nitrogens with two attached hydrogens (primary N) is 1. The van der Waals surface area contributed by atoms with Gasteiger partial charge in [-0.1, -0.05) is 0 Å². The number of anilines is 1. The van der Waals surface area contributed by atoms with Crippen LogP contribution in [0.3, 0.4) is 0 Å². The summed E-state index contributed by atoms with van der Waals surface area (Å²) in [6.45, 7) is 0. The summed E-state index contributed by atoms with van der Waals surface area (Å²) < 4.78 is 4.02. The molecule has 0 bridgehead atoms. The number of hydrogen-bond acceptors (Lipinski definition) is 6. The minimum absolute atomic E-state index is 0.532. The van der Waals surface area contributed by atoms with Crippen molar-refractivity contribution < 1.29 is 0 Å². The third-order valence-electron chi connectivity index (χ3n) is 1.10. The summed E-state index contributed by atoms with van der Waals surface area (Å²) in [5, 5.41) is 10.0. The Balaban J connectivity index is 3.12. The number of rotatable bonds is 2. The lowest BCUT2D eigenvalue weighted by atomic mass is 10.4. The predicted octanol–water partition coefficient (Wildman–Crippen LogP) is 1.02. The summed E-state index contributed by atoms with van der Waals surface area (Å²) in [7, 11) is 0. The first-order valence-corrected chi connectivity index (χ1v) is 4.73. The molecule has 0 saturated heterocycles. The van der Waals surface area contributed by atoms with E-state index < -0.39 is 0 Å². The second kappa shape index (κ2) is 3.57. The van der Waals surface area contributed by atoms with Gasteiger partial charge in [0.05, 0.1) is 0 Å². The number of nitrogens with zero attached hydrogens (tertiary/aromatic N) is 2. The molecule has 3 N–H and O–H groups in total. The van der Waals surface area contributed by atoms with Crippen LogP contribution >= 0.6 is 23.3 Å². The third kappa shape index (κ3) is 1.45. The first kappa shape index (κ1) is 8.33. The average molecular weight is 186 g/mol. The Bertz CT molecular complexity index is 266. The van der Waals surface area contributed by atoms with Gasteiger partial charge in [0, 0.05) is 0 Å². The van der Waals surface area contributed by atoms with Crippen LogP contribution in [0.5, 0.6) is 0 Å². The summed E-state index contributed by atoms with van der Waals surface area (Å²) in [4.78, 5) is 0. The zero-order chi connectivity index (χ0) is 8.27. The van der Waals surface area contributed by atoms with Gasteiger partial charge in [0.1, 0.15) is 21.7 Å². The predicted molar refractivity (Wildman–Crippen MR) is 46.4 cm³/mol. The number of hydrogen-bond donors (Lipinski definition) is 2. The molecule has 0 aliphatic rings. The Kier molecular flexibility index (Phi) is 2.70. The fourth-order valence-electron chi connectivity index (χ4n) is 0.612. The molecule has 1 aromatic heterocycles. The molecule has 0 aliphatic carbocycles. The van der Waals surface area contributed by atoms with Crippen molar-refractivity contribution in [3.05, 3.63) is 5.56 Å². The van der Waals surface area contributed by atoms with Crippen LogP contribution in [0.15, 0.2) is 5.03 Å². The maximum Gasteiger partial charge on any atom is 0.142 e. The maximum atomic E-state index is 8.66. The summed E-state index contributed by atoms with van der Waals surface area (Å²) in [5.41, 5.74) is 2.95. The highest BCUT2D eigenvalue weighted by Crippen LogP contribution is 2.28. The standard InChI is InChI=1S/C5H6N4S2/c1-10-5-3(2-6)4(8-7)11-9-5/h8H,7H2,1H3. The molecule has 58 valence electrons. The second-order valence-corrected chi connectivity index (χ2v) is 3.22. The van der Waals surface area contributed by atoms with E-state index in [9.17, 15) is 0 Å². The highest BCUT2D eigenvalue weighted by Gasteiger charge is 2.10. The van der Waals surface area contributed by atoms with Gasteiger partial charge in [0.25, 0.3) is 0 Å². The topological polar surface area (TPSA) is 74.7 Å². The molecule has 1 aromatic rings. The molecular formula is C5H6N4S2. The lowest BCUT2D eigenvalue weighted by Gasteiger charge is -1.91. The molecule has 0 radical (unpaired) electrons. The Morgan fingerprint density at radius 1 is 1.82 bits per heavy atom. The molecule has 0 aromatic carbocycles. The number of nitriles is 1. The SMILES string of the molecule is CSc1nsc(NN)c1C#N. The molecule has 6 heteroatoms. The Labute approximate surface area is 72.5 Å². The summed E-state index contributed by atoms with van der Waals surface area (Å²) in [5.74, 6) is 5.15. The van der Waals surface area contributed by atoms with E-state index in [-0.39, 0.29) is 0 Å². The van der Waals surface area contributed by atoms with Gasteiger partial charge < -0.3 is 5.43 Å². The molecule has 11 heavy (non-hydrogen) atoms. The molecule has 0 amide bonds. The number of nitrogens with one attached hydrogen (secondary N) is 1. The van der Waals surface area contributed by atoms with Crippen LogP contribution in [-0.2, 0) is 0 Å². The van der Waals surface area contributed by atoms with Crippen LogP contribution in [0.1, 0.15) is 5.56 Å². The number of nitrogen functional groups attached to an aromatic ring is 1. The van der Waals surface area contributed by atoms with Gasteiger partial charge in [0.2, 0.25) is 0 Å². The summed E-state index contributed by atoms with van der Waals surface area (Å²) >= 11 is 2.63. The van der Waals surface area contributed by atoms with E-state index in [0.29, 0.717) is 10.6 Å². The fourth-order valence-corrected chi connectivity index (χ4v) is 1.99. The van der Waals surface area contributed by atoms with E-state index >= 15 is 0 Å². The van der Waals surface area contributed by atoms with Crippen molar-refractivity contribution >= 4 is 28.3 Å². The molecule has 0 atom stereocenters. The molecular weight excluding hydrogens is 180 g/mol. The molecule has 0 unspecified atom stereocenters. The van der Waals surface area contributed by atoms with Gasteiger partial charge in [-0.3, -0.25) is 0 Å². The van der Waals surface area contributed by atoms with Crippen molar-refractivity contribution in [2.45, 2.75) is 5.03 Å². The van der Waals surface area contributed by atoms with Crippen molar-refractivity contribution in [3.8, 4) is 6.07 Å². The Morgan fingerprint density at radius 3 is 3.00 bits per heavy atom. The van der Waals surface area contributed by atoms with Crippen LogP contribution in [0, 0.1) is 11.3 Å². The molecule has 4 nitrogen and oxygen atoms in total. The van der Waals surface area contributed by atoms with Crippen LogP contribution in [-0.4, -0.2) is 10.6 Å². The molecule has 1 rings (SSSR count). The van der Waals surface area contributed by atoms with Gasteiger partial charge in [-0.2, -0.15) is 9.64 Å². The molecule has 1 heterocycles. The van der Waals surface area contributed by atoms with Gasteiger partial charge in [0.15, 0.2) is 0 Å². The van der Waals surface area contributed by atoms with Gasteiger partial charge in [-0.25, -0.2) is 5.84 Å². The van der Waals surface area contributed by atoms with Crippen molar-refractivity contribution in [3.63, 3.8) is 0 Å². The van der Waals surface area contributed by atoms with E-state index in [1.165, 1.54) is 23.3 Å². The minimum Gasteiger partial charge on any atom is -0.313 e. The van der Waals surface area contributed by atoms with E-state index in [4.69, 9.17) is 11.1 Å². The van der Waals surface area contributed by atoms with Crippen LogP contribution in [0.25, 0.3) is 0 Å². The first-order chi connectivity index (χ1) is 5.33. The lowest BCUT2D eigenvalue weighted by Crippen LogP contribution is -2.05. The van der Waals surface area contributed by atoms with E-state index in [2.05, 4.69) is 9.80 Å². The average Bonchev–Trinajstić information content (AvgIpc) is 2.45.